The molecule has 0 aromatic rings. The molecule has 1 fully saturated rings. The van der Waals surface area contributed by atoms with Crippen molar-refractivity contribution in [1.82, 2.24) is 0 Å². The molecule has 0 aromatic heterocycles. The molecule has 2 unspecified atom stereocenters. The molecule has 2 atom stereocenters. The van der Waals surface area contributed by atoms with Gasteiger partial charge >= 0.3 is 11.9 Å². The van der Waals surface area contributed by atoms with Crippen LogP contribution in [0.25, 0.3) is 0 Å². The number of allylic oxidation sites excluding steroid dienone is 1. The van der Waals surface area contributed by atoms with Crippen LogP contribution in [-0.2, 0) is 24.2 Å². The van der Waals surface area contributed by atoms with Crippen molar-refractivity contribution in [3.63, 3.8) is 0 Å². The van der Waals surface area contributed by atoms with Crippen LogP contribution in [0.1, 0.15) is 19.8 Å². The second-order valence-electron chi connectivity index (χ2n) is 4.66. The van der Waals surface area contributed by atoms with Gasteiger partial charge in [0.15, 0.2) is 15.3 Å². The third kappa shape index (κ3) is 3.32. The fourth-order valence-corrected chi connectivity index (χ4v) is 4.40. The van der Waals surface area contributed by atoms with E-state index in [-0.39, 0.29) is 31.0 Å². The first kappa shape index (κ1) is 17.0. The second kappa shape index (κ2) is 6.58. The molecule has 0 spiro atoms. The van der Waals surface area contributed by atoms with Crippen LogP contribution in [0.2, 0.25) is 0 Å². The summed E-state index contributed by atoms with van der Waals surface area (Å²) in [6.45, 7) is 1.59. The number of halogens is 1. The fourth-order valence-electron chi connectivity index (χ4n) is 2.44. The summed E-state index contributed by atoms with van der Waals surface area (Å²) >= 11 is 5.41. The van der Waals surface area contributed by atoms with Gasteiger partial charge in [0.1, 0.15) is 0 Å². The van der Waals surface area contributed by atoms with Gasteiger partial charge in [-0.25, -0.2) is 8.42 Å². The van der Waals surface area contributed by atoms with E-state index in [0.717, 1.165) is 5.54 Å². The van der Waals surface area contributed by atoms with Crippen molar-refractivity contribution in [2.75, 3.05) is 18.1 Å². The Balaban J connectivity index is 3.22. The zero-order valence-electron chi connectivity index (χ0n) is 11.0. The molecule has 0 radical (unpaired) electrons. The average molecular weight is 325 g/mol. The molecule has 8 heteroatoms. The maximum atomic E-state index is 12.1. The van der Waals surface area contributed by atoms with E-state index in [1.165, 1.54) is 6.08 Å². The highest BCUT2D eigenvalue weighted by Crippen LogP contribution is 2.41. The first-order chi connectivity index (χ1) is 9.30. The number of rotatable bonds is 6. The van der Waals surface area contributed by atoms with Crippen molar-refractivity contribution in [1.29, 1.82) is 0 Å². The van der Waals surface area contributed by atoms with E-state index in [1.54, 1.807) is 6.92 Å². The topological polar surface area (TPSA) is 97.7 Å². The maximum absolute atomic E-state index is 12.1. The van der Waals surface area contributed by atoms with Gasteiger partial charge in [-0.2, -0.15) is 0 Å². The smallest absolute Gasteiger partial charge is 0.324 e. The van der Waals surface area contributed by atoms with Gasteiger partial charge in [0, 0.05) is 11.5 Å². The van der Waals surface area contributed by atoms with Crippen LogP contribution in [0.4, 0.5) is 0 Å². The molecular weight excluding hydrogens is 308 g/mol. The zero-order valence-corrected chi connectivity index (χ0v) is 12.6. The number of hydrogen-bond donors (Lipinski definition) is 1. The van der Waals surface area contributed by atoms with Gasteiger partial charge in [0.2, 0.25) is 0 Å². The molecule has 6 nitrogen and oxygen atoms in total. The van der Waals surface area contributed by atoms with Gasteiger partial charge in [0.05, 0.1) is 18.1 Å². The molecule has 0 saturated carbocycles. The van der Waals surface area contributed by atoms with Gasteiger partial charge in [-0.1, -0.05) is 17.7 Å². The number of carboxylic acid groups (broad SMARTS) is 1. The first-order valence-electron chi connectivity index (χ1n) is 6.16. The number of ether oxygens (including phenoxy) is 1. The Morgan fingerprint density at radius 2 is 2.15 bits per heavy atom. The van der Waals surface area contributed by atoms with Crippen LogP contribution in [0.5, 0.6) is 0 Å². The van der Waals surface area contributed by atoms with E-state index in [9.17, 15) is 23.1 Å². The Bertz CT molecular complexity index is 512. The minimum absolute atomic E-state index is 0.0257. The lowest BCUT2D eigenvalue weighted by Crippen LogP contribution is -2.47. The fraction of sp³-hybridized carbons (Fsp3) is 0.667. The molecule has 1 rings (SSSR count). The number of carbonyl (C=O) groups is 2. The summed E-state index contributed by atoms with van der Waals surface area (Å²) in [5.41, 5.74) is -0.786. The van der Waals surface area contributed by atoms with Crippen LogP contribution in [0.15, 0.2) is 11.6 Å². The van der Waals surface area contributed by atoms with E-state index >= 15 is 0 Å². The number of esters is 1. The lowest BCUT2D eigenvalue weighted by atomic mass is 9.72. The number of hydrogen-bond acceptors (Lipinski definition) is 5. The minimum atomic E-state index is -3.31. The molecule has 0 bridgehead atoms. The van der Waals surface area contributed by atoms with E-state index in [4.69, 9.17) is 16.3 Å². The monoisotopic (exact) mass is 324 g/mol. The SMILES string of the molecule is CCOC(=O)C(C/C=C/Cl)(C(=O)O)C1CCS(=O)(=O)C1. The second-order valence-corrected chi connectivity index (χ2v) is 7.14. The molecule has 1 aliphatic rings. The minimum Gasteiger partial charge on any atom is -0.480 e. The van der Waals surface area contributed by atoms with E-state index in [0.29, 0.717) is 0 Å². The molecule has 1 N–H and O–H groups in total. The van der Waals surface area contributed by atoms with Crippen molar-refractivity contribution in [2.24, 2.45) is 11.3 Å². The molecule has 114 valence electrons. The summed E-state index contributed by atoms with van der Waals surface area (Å²) in [5, 5.41) is 9.51. The van der Waals surface area contributed by atoms with E-state index in [1.807, 2.05) is 0 Å². The van der Waals surface area contributed by atoms with Gasteiger partial charge in [-0.3, -0.25) is 9.59 Å². The number of sulfone groups is 1. The molecule has 0 aliphatic carbocycles. The van der Waals surface area contributed by atoms with Gasteiger partial charge in [-0.05, 0) is 19.8 Å². The molecule has 20 heavy (non-hydrogen) atoms. The number of aliphatic carboxylic acids is 1. The molecule has 0 aromatic carbocycles. The Morgan fingerprint density at radius 1 is 1.50 bits per heavy atom. The highest BCUT2D eigenvalue weighted by Gasteiger charge is 2.56. The standard InChI is InChI=1S/C12H17ClO6S/c1-2-19-11(16)12(10(14)15,5-3-6-13)9-4-7-20(17,18)8-9/h3,6,9H,2,4-5,7-8H2,1H3,(H,14,15)/b6-3+. The lowest BCUT2D eigenvalue weighted by molar-refractivity contribution is -0.172. The predicted molar refractivity (Wildman–Crippen MR) is 73.1 cm³/mol. The van der Waals surface area contributed by atoms with Crippen LogP contribution in [0.3, 0.4) is 0 Å². The molecule has 0 amide bonds. The van der Waals surface area contributed by atoms with E-state index < -0.39 is 33.1 Å². The van der Waals surface area contributed by atoms with Crippen molar-refractivity contribution in [2.45, 2.75) is 19.8 Å². The Morgan fingerprint density at radius 3 is 2.55 bits per heavy atom. The van der Waals surface area contributed by atoms with Crippen LogP contribution < -0.4 is 0 Å². The molecule has 1 aliphatic heterocycles. The molecule has 1 saturated heterocycles. The van der Waals surface area contributed by atoms with Crippen LogP contribution in [-0.4, -0.2) is 43.6 Å². The summed E-state index contributed by atoms with van der Waals surface area (Å²) in [5.74, 6) is -3.54. The summed E-state index contributed by atoms with van der Waals surface area (Å²) in [4.78, 5) is 23.8. The quantitative estimate of drug-likeness (QED) is 0.582. The van der Waals surface area contributed by atoms with E-state index in [2.05, 4.69) is 0 Å². The maximum Gasteiger partial charge on any atom is 0.324 e. The lowest BCUT2D eigenvalue weighted by Gasteiger charge is -2.31. The Hall–Kier alpha value is -1.08. The first-order valence-corrected chi connectivity index (χ1v) is 8.42. The van der Waals surface area contributed by atoms with Crippen molar-refractivity contribution in [3.8, 4) is 0 Å². The largest absolute Gasteiger partial charge is 0.480 e. The predicted octanol–water partition coefficient (Wildman–Crippen LogP) is 1.20. The number of carbonyl (C=O) groups excluding carboxylic acids is 1. The number of carboxylic acids is 1. The van der Waals surface area contributed by atoms with Crippen molar-refractivity contribution in [3.05, 3.63) is 11.6 Å². The highest BCUT2D eigenvalue weighted by atomic mass is 35.5. The Kier molecular flexibility index (Phi) is 5.59. The van der Waals surface area contributed by atoms with Gasteiger partial charge in [0.25, 0.3) is 0 Å². The van der Waals surface area contributed by atoms with Crippen LogP contribution >= 0.6 is 11.6 Å². The van der Waals surface area contributed by atoms with Crippen molar-refractivity contribution < 1.29 is 27.9 Å². The normalized spacial score (nSPS) is 24.4. The highest BCUT2D eigenvalue weighted by molar-refractivity contribution is 7.91. The van der Waals surface area contributed by atoms with Gasteiger partial charge < -0.3 is 9.84 Å². The molecule has 1 heterocycles. The summed E-state index contributed by atoms with van der Waals surface area (Å²) in [6, 6.07) is 0. The van der Waals surface area contributed by atoms with Gasteiger partial charge in [-0.15, -0.1) is 0 Å². The van der Waals surface area contributed by atoms with Crippen LogP contribution in [0, 0.1) is 11.3 Å². The average Bonchev–Trinajstić information content (AvgIpc) is 2.71. The van der Waals surface area contributed by atoms with Crippen molar-refractivity contribution >= 4 is 33.4 Å². The summed E-state index contributed by atoms with van der Waals surface area (Å²) in [6.07, 6.45) is 1.27. The summed E-state index contributed by atoms with van der Waals surface area (Å²) < 4.78 is 28.0. The summed E-state index contributed by atoms with van der Waals surface area (Å²) in [7, 11) is -3.31. The zero-order chi connectivity index (χ0) is 15.4. The third-order valence-corrected chi connectivity index (χ3v) is 5.43. The Labute approximate surface area is 122 Å². The molecular formula is C12H17ClO6S. The third-order valence-electron chi connectivity index (χ3n) is 3.48.